The molecule has 2 aromatic carbocycles. The van der Waals surface area contributed by atoms with E-state index in [1.165, 1.54) is 0 Å². The van der Waals surface area contributed by atoms with E-state index in [4.69, 9.17) is 14.2 Å². The molecule has 1 amide bonds. The Kier molecular flexibility index (Phi) is 7.08. The smallest absolute Gasteiger partial charge is 0.344 e. The number of nitrogens with zero attached hydrogens (tertiary/aromatic N) is 1. The fourth-order valence-electron chi connectivity index (χ4n) is 2.98. The average Bonchev–Trinajstić information content (AvgIpc) is 2.74. The number of ether oxygens (including phenoxy) is 3. The highest BCUT2D eigenvalue weighted by Crippen LogP contribution is 2.21. The van der Waals surface area contributed by atoms with Gasteiger partial charge in [-0.2, -0.15) is 0 Å². The zero-order valence-corrected chi connectivity index (χ0v) is 16.8. The number of hydrogen-bond acceptors (Lipinski definition) is 6. The molecule has 0 atom stereocenters. The van der Waals surface area contributed by atoms with Crippen LogP contribution in [0, 0.1) is 13.8 Å². The van der Waals surface area contributed by atoms with Crippen LogP contribution in [0.15, 0.2) is 42.5 Å². The van der Waals surface area contributed by atoms with Crippen molar-refractivity contribution in [2.75, 3.05) is 49.7 Å². The van der Waals surface area contributed by atoms with Crippen LogP contribution in [0.25, 0.3) is 0 Å². The summed E-state index contributed by atoms with van der Waals surface area (Å²) in [6.07, 6.45) is 0. The van der Waals surface area contributed by atoms with E-state index >= 15 is 0 Å². The van der Waals surface area contributed by atoms with E-state index in [1.807, 2.05) is 50.2 Å². The van der Waals surface area contributed by atoms with Crippen LogP contribution in [-0.2, 0) is 19.1 Å². The highest BCUT2D eigenvalue weighted by molar-refractivity contribution is 5.93. The van der Waals surface area contributed by atoms with Gasteiger partial charge in [-0.05, 0) is 55.3 Å². The molecule has 29 heavy (non-hydrogen) atoms. The van der Waals surface area contributed by atoms with Crippen LogP contribution in [-0.4, -0.2) is 51.4 Å². The molecule has 1 saturated heterocycles. The molecular weight excluding hydrogens is 372 g/mol. The van der Waals surface area contributed by atoms with Crippen molar-refractivity contribution >= 4 is 23.3 Å². The van der Waals surface area contributed by atoms with Crippen molar-refractivity contribution in [3.63, 3.8) is 0 Å². The summed E-state index contributed by atoms with van der Waals surface area (Å²) in [5, 5.41) is 2.72. The number of rotatable bonds is 7. The Bertz CT molecular complexity index is 845. The second-order valence-electron chi connectivity index (χ2n) is 6.84. The van der Waals surface area contributed by atoms with E-state index in [9.17, 15) is 9.59 Å². The summed E-state index contributed by atoms with van der Waals surface area (Å²) in [6, 6.07) is 13.2. The van der Waals surface area contributed by atoms with Crippen LogP contribution in [0.5, 0.6) is 5.75 Å². The van der Waals surface area contributed by atoms with Crippen molar-refractivity contribution in [2.24, 2.45) is 0 Å². The van der Waals surface area contributed by atoms with Crippen molar-refractivity contribution in [3.05, 3.63) is 53.6 Å². The first-order valence-corrected chi connectivity index (χ1v) is 9.60. The molecule has 0 radical (unpaired) electrons. The van der Waals surface area contributed by atoms with Gasteiger partial charge in [0, 0.05) is 24.5 Å². The summed E-state index contributed by atoms with van der Waals surface area (Å²) < 4.78 is 15.8. The topological polar surface area (TPSA) is 77.1 Å². The van der Waals surface area contributed by atoms with Gasteiger partial charge in [0.2, 0.25) is 0 Å². The first kappa shape index (κ1) is 20.7. The van der Waals surface area contributed by atoms with Gasteiger partial charge in [0.25, 0.3) is 5.91 Å². The van der Waals surface area contributed by atoms with E-state index in [0.29, 0.717) is 11.4 Å². The molecule has 2 aromatic rings. The Morgan fingerprint density at radius 2 is 1.76 bits per heavy atom. The molecule has 0 bridgehead atoms. The lowest BCUT2D eigenvalue weighted by atomic mass is 10.1. The highest BCUT2D eigenvalue weighted by Gasteiger charge is 2.12. The van der Waals surface area contributed by atoms with Crippen LogP contribution < -0.4 is 15.0 Å². The Hall–Kier alpha value is -3.06. The minimum Gasteiger partial charge on any atom is -0.482 e. The summed E-state index contributed by atoms with van der Waals surface area (Å²) >= 11 is 0. The van der Waals surface area contributed by atoms with Gasteiger partial charge in [0.1, 0.15) is 5.75 Å². The summed E-state index contributed by atoms with van der Waals surface area (Å²) in [5.41, 5.74) is 3.78. The molecule has 0 spiro atoms. The molecule has 7 nitrogen and oxygen atoms in total. The first-order chi connectivity index (χ1) is 14.0. The number of carbonyl (C=O) groups is 2. The molecule has 0 unspecified atom stereocenters. The number of aryl methyl sites for hydroxylation is 1. The van der Waals surface area contributed by atoms with Crippen molar-refractivity contribution in [1.29, 1.82) is 0 Å². The fourth-order valence-corrected chi connectivity index (χ4v) is 2.98. The summed E-state index contributed by atoms with van der Waals surface area (Å²) in [5.74, 6) is -0.361. The number of benzene rings is 2. The van der Waals surface area contributed by atoms with E-state index < -0.39 is 11.9 Å². The molecule has 1 aliphatic heterocycles. The summed E-state index contributed by atoms with van der Waals surface area (Å²) in [7, 11) is 0. The summed E-state index contributed by atoms with van der Waals surface area (Å²) in [6.45, 7) is 6.43. The monoisotopic (exact) mass is 398 g/mol. The number of hydrogen-bond donors (Lipinski definition) is 1. The van der Waals surface area contributed by atoms with E-state index in [1.54, 1.807) is 6.07 Å². The number of nitrogens with one attached hydrogen (secondary N) is 1. The van der Waals surface area contributed by atoms with Gasteiger partial charge in [-0.25, -0.2) is 4.79 Å². The zero-order valence-electron chi connectivity index (χ0n) is 16.8. The minimum atomic E-state index is -0.594. The quantitative estimate of drug-likeness (QED) is 0.723. The standard InChI is InChI=1S/C22H26N2O5/c1-16-4-3-5-20(17(16)2)28-15-22(26)29-14-21(25)23-18-6-8-19(9-7-18)24-10-12-27-13-11-24/h3-9H,10-15H2,1-2H3,(H,23,25). The van der Waals surface area contributed by atoms with Crippen LogP contribution in [0.4, 0.5) is 11.4 Å². The third-order valence-corrected chi connectivity index (χ3v) is 4.79. The maximum absolute atomic E-state index is 12.0. The van der Waals surface area contributed by atoms with Crippen molar-refractivity contribution in [2.45, 2.75) is 13.8 Å². The molecule has 0 saturated carbocycles. The molecule has 3 rings (SSSR count). The Labute approximate surface area is 170 Å². The Balaban J connectivity index is 1.41. The second-order valence-corrected chi connectivity index (χ2v) is 6.84. The molecule has 0 aliphatic carbocycles. The van der Waals surface area contributed by atoms with Gasteiger partial charge in [-0.1, -0.05) is 12.1 Å². The molecule has 0 aromatic heterocycles. The fraction of sp³-hybridized carbons (Fsp3) is 0.364. The lowest BCUT2D eigenvalue weighted by molar-refractivity contribution is -0.149. The number of morpholine rings is 1. The number of carbonyl (C=O) groups excluding carboxylic acids is 2. The van der Waals surface area contributed by atoms with Gasteiger partial charge in [-0.3, -0.25) is 4.79 Å². The molecule has 1 heterocycles. The highest BCUT2D eigenvalue weighted by atomic mass is 16.6. The van der Waals surface area contributed by atoms with Gasteiger partial charge in [0.05, 0.1) is 13.2 Å². The van der Waals surface area contributed by atoms with Crippen molar-refractivity contribution < 1.29 is 23.8 Å². The number of anilines is 2. The minimum absolute atomic E-state index is 0.244. The predicted octanol–water partition coefficient (Wildman–Crippen LogP) is 2.70. The van der Waals surface area contributed by atoms with Crippen molar-refractivity contribution in [1.82, 2.24) is 0 Å². The second kappa shape index (κ2) is 9.93. The molecule has 1 fully saturated rings. The van der Waals surface area contributed by atoms with Gasteiger partial charge < -0.3 is 24.4 Å². The van der Waals surface area contributed by atoms with Gasteiger partial charge in [0.15, 0.2) is 13.2 Å². The Morgan fingerprint density at radius 3 is 2.48 bits per heavy atom. The Morgan fingerprint density at radius 1 is 1.03 bits per heavy atom. The average molecular weight is 398 g/mol. The lowest BCUT2D eigenvalue weighted by Crippen LogP contribution is -2.36. The molecule has 7 heteroatoms. The molecule has 1 aliphatic rings. The predicted molar refractivity (Wildman–Crippen MR) is 110 cm³/mol. The summed E-state index contributed by atoms with van der Waals surface area (Å²) in [4.78, 5) is 26.1. The largest absolute Gasteiger partial charge is 0.482 e. The van der Waals surface area contributed by atoms with Crippen LogP contribution in [0.3, 0.4) is 0 Å². The van der Waals surface area contributed by atoms with E-state index in [-0.39, 0.29) is 13.2 Å². The maximum Gasteiger partial charge on any atom is 0.344 e. The maximum atomic E-state index is 12.0. The van der Waals surface area contributed by atoms with Crippen molar-refractivity contribution in [3.8, 4) is 5.75 Å². The third kappa shape index (κ3) is 5.96. The van der Waals surface area contributed by atoms with Crippen LogP contribution >= 0.6 is 0 Å². The molecular formula is C22H26N2O5. The normalized spacial score (nSPS) is 13.7. The van der Waals surface area contributed by atoms with E-state index in [2.05, 4.69) is 10.2 Å². The van der Waals surface area contributed by atoms with Crippen LogP contribution in [0.1, 0.15) is 11.1 Å². The number of amides is 1. The SMILES string of the molecule is Cc1cccc(OCC(=O)OCC(=O)Nc2ccc(N3CCOCC3)cc2)c1C. The van der Waals surface area contributed by atoms with Gasteiger partial charge >= 0.3 is 5.97 Å². The zero-order chi connectivity index (χ0) is 20.6. The lowest BCUT2D eigenvalue weighted by Gasteiger charge is -2.28. The van der Waals surface area contributed by atoms with E-state index in [0.717, 1.165) is 43.1 Å². The van der Waals surface area contributed by atoms with Gasteiger partial charge in [-0.15, -0.1) is 0 Å². The molecule has 154 valence electrons. The van der Waals surface area contributed by atoms with Crippen LogP contribution in [0.2, 0.25) is 0 Å². The first-order valence-electron chi connectivity index (χ1n) is 9.60. The number of esters is 1. The molecule has 1 N–H and O–H groups in total. The third-order valence-electron chi connectivity index (χ3n) is 4.79.